The van der Waals surface area contributed by atoms with Crippen LogP contribution in [0.5, 0.6) is 0 Å². The highest BCUT2D eigenvalue weighted by molar-refractivity contribution is 6.27. The minimum Gasteiger partial charge on any atom is -0.392 e. The first-order valence-electron chi connectivity index (χ1n) is 8.55. The molecular formula is C22H17FO3. The Morgan fingerprint density at radius 2 is 1.77 bits per heavy atom. The summed E-state index contributed by atoms with van der Waals surface area (Å²) in [4.78, 5) is 25.7. The SMILES string of the molecule is O=C1c2ccc(-c3ccccc3CO)cc2C(=O)C1C1C=CC(F)=CC1. The first-order valence-corrected chi connectivity index (χ1v) is 8.55. The summed E-state index contributed by atoms with van der Waals surface area (Å²) in [6.45, 7) is -0.104. The molecule has 2 aliphatic rings. The summed E-state index contributed by atoms with van der Waals surface area (Å²) in [5, 5.41) is 9.54. The predicted molar refractivity (Wildman–Crippen MR) is 96.4 cm³/mol. The minimum absolute atomic E-state index is 0.104. The molecule has 0 spiro atoms. The number of aliphatic hydroxyl groups is 1. The zero-order valence-corrected chi connectivity index (χ0v) is 14.0. The number of halogens is 1. The van der Waals surface area contributed by atoms with Crippen molar-refractivity contribution in [2.24, 2.45) is 11.8 Å². The Hall–Kier alpha value is -2.85. The lowest BCUT2D eigenvalue weighted by atomic mass is 9.83. The van der Waals surface area contributed by atoms with Crippen molar-refractivity contribution in [1.82, 2.24) is 0 Å². The first kappa shape index (κ1) is 16.6. The van der Waals surface area contributed by atoms with Crippen LogP contribution >= 0.6 is 0 Å². The summed E-state index contributed by atoms with van der Waals surface area (Å²) < 4.78 is 13.2. The van der Waals surface area contributed by atoms with Gasteiger partial charge in [0.1, 0.15) is 5.83 Å². The number of carbonyl (C=O) groups is 2. The van der Waals surface area contributed by atoms with Gasteiger partial charge >= 0.3 is 0 Å². The number of rotatable bonds is 3. The van der Waals surface area contributed by atoms with E-state index in [-0.39, 0.29) is 29.9 Å². The van der Waals surface area contributed by atoms with E-state index in [1.165, 1.54) is 12.2 Å². The van der Waals surface area contributed by atoms with E-state index in [1.807, 2.05) is 24.3 Å². The highest BCUT2D eigenvalue weighted by Gasteiger charge is 2.42. The Kier molecular flexibility index (Phi) is 4.13. The van der Waals surface area contributed by atoms with Crippen LogP contribution in [0.15, 0.2) is 66.5 Å². The maximum Gasteiger partial charge on any atom is 0.175 e. The Labute approximate surface area is 150 Å². The molecule has 26 heavy (non-hydrogen) atoms. The van der Waals surface area contributed by atoms with Crippen LogP contribution in [0.1, 0.15) is 32.7 Å². The Balaban J connectivity index is 1.72. The molecule has 0 aromatic heterocycles. The fraction of sp³-hybridized carbons (Fsp3) is 0.182. The van der Waals surface area contributed by atoms with Crippen LogP contribution in [-0.4, -0.2) is 16.7 Å². The normalized spacial score (nSPS) is 21.7. The summed E-state index contributed by atoms with van der Waals surface area (Å²) in [6, 6.07) is 12.6. The number of fused-ring (bicyclic) bond motifs is 1. The molecule has 0 bridgehead atoms. The number of hydrogen-bond acceptors (Lipinski definition) is 3. The van der Waals surface area contributed by atoms with E-state index in [9.17, 15) is 19.1 Å². The van der Waals surface area contributed by atoms with E-state index < -0.39 is 5.92 Å². The molecule has 4 rings (SSSR count). The van der Waals surface area contributed by atoms with Gasteiger partial charge in [-0.05, 0) is 47.2 Å². The fourth-order valence-electron chi connectivity index (χ4n) is 3.77. The van der Waals surface area contributed by atoms with Crippen LogP contribution in [0.2, 0.25) is 0 Å². The molecular weight excluding hydrogens is 331 g/mol. The average Bonchev–Trinajstić information content (AvgIpc) is 2.93. The van der Waals surface area contributed by atoms with Crippen molar-refractivity contribution in [3.63, 3.8) is 0 Å². The molecule has 2 aliphatic carbocycles. The maximum atomic E-state index is 13.2. The molecule has 0 amide bonds. The molecule has 2 aromatic rings. The molecule has 2 unspecified atom stereocenters. The molecule has 0 heterocycles. The van der Waals surface area contributed by atoms with Crippen molar-refractivity contribution >= 4 is 11.6 Å². The zero-order chi connectivity index (χ0) is 18.3. The third kappa shape index (κ3) is 2.63. The molecule has 0 saturated carbocycles. The maximum absolute atomic E-state index is 13.2. The second kappa shape index (κ2) is 6.46. The van der Waals surface area contributed by atoms with Gasteiger partial charge in [-0.3, -0.25) is 9.59 Å². The van der Waals surface area contributed by atoms with Crippen molar-refractivity contribution in [3.8, 4) is 11.1 Å². The smallest absolute Gasteiger partial charge is 0.175 e. The van der Waals surface area contributed by atoms with Gasteiger partial charge < -0.3 is 5.11 Å². The van der Waals surface area contributed by atoms with E-state index >= 15 is 0 Å². The van der Waals surface area contributed by atoms with Crippen LogP contribution in [-0.2, 0) is 6.61 Å². The molecule has 0 saturated heterocycles. The zero-order valence-electron chi connectivity index (χ0n) is 14.0. The number of hydrogen-bond donors (Lipinski definition) is 1. The standard InChI is InChI=1S/C22H17FO3/c23-16-8-5-13(6-9-16)20-21(25)18-10-7-14(11-19(18)22(20)26)17-4-2-1-3-15(17)12-24/h1-5,7-11,13,20,24H,6,12H2. The van der Waals surface area contributed by atoms with Gasteiger partial charge in [-0.25, -0.2) is 4.39 Å². The van der Waals surface area contributed by atoms with E-state index in [2.05, 4.69) is 0 Å². The lowest BCUT2D eigenvalue weighted by molar-refractivity contribution is 0.0803. The van der Waals surface area contributed by atoms with Crippen molar-refractivity contribution in [2.45, 2.75) is 13.0 Å². The van der Waals surface area contributed by atoms with Crippen molar-refractivity contribution < 1.29 is 19.1 Å². The van der Waals surface area contributed by atoms with Gasteiger partial charge in [-0.1, -0.05) is 42.5 Å². The highest BCUT2D eigenvalue weighted by atomic mass is 19.1. The lowest BCUT2D eigenvalue weighted by Crippen LogP contribution is -2.24. The van der Waals surface area contributed by atoms with Crippen LogP contribution < -0.4 is 0 Å². The average molecular weight is 348 g/mol. The predicted octanol–water partition coefficient (Wildman–Crippen LogP) is 4.27. The second-order valence-electron chi connectivity index (χ2n) is 6.63. The van der Waals surface area contributed by atoms with Crippen LogP contribution in [0, 0.1) is 11.8 Å². The monoisotopic (exact) mass is 348 g/mol. The quantitative estimate of drug-likeness (QED) is 0.843. The molecule has 2 atom stereocenters. The van der Waals surface area contributed by atoms with Crippen LogP contribution in [0.25, 0.3) is 11.1 Å². The first-order chi connectivity index (χ1) is 12.6. The number of Topliss-reactive ketones (excluding diaryl/α,β-unsaturated/α-hetero) is 2. The van der Waals surface area contributed by atoms with Crippen LogP contribution in [0.4, 0.5) is 4.39 Å². The number of ketones is 2. The molecule has 3 nitrogen and oxygen atoms in total. The number of aliphatic hydroxyl groups excluding tert-OH is 1. The summed E-state index contributed by atoms with van der Waals surface area (Å²) >= 11 is 0. The molecule has 4 heteroatoms. The highest BCUT2D eigenvalue weighted by Crippen LogP contribution is 2.38. The molecule has 0 radical (unpaired) electrons. The molecule has 0 aliphatic heterocycles. The number of benzene rings is 2. The van der Waals surface area contributed by atoms with E-state index in [0.29, 0.717) is 17.5 Å². The van der Waals surface area contributed by atoms with Crippen molar-refractivity contribution in [1.29, 1.82) is 0 Å². The summed E-state index contributed by atoms with van der Waals surface area (Å²) in [5.41, 5.74) is 3.23. The Bertz CT molecular complexity index is 971. The number of carbonyl (C=O) groups excluding carboxylic acids is 2. The van der Waals surface area contributed by atoms with E-state index in [1.54, 1.807) is 24.3 Å². The van der Waals surface area contributed by atoms with E-state index in [4.69, 9.17) is 0 Å². The Morgan fingerprint density at radius 3 is 2.50 bits per heavy atom. The largest absolute Gasteiger partial charge is 0.392 e. The van der Waals surface area contributed by atoms with Gasteiger partial charge in [0.25, 0.3) is 0 Å². The van der Waals surface area contributed by atoms with Gasteiger partial charge in [-0.2, -0.15) is 0 Å². The van der Waals surface area contributed by atoms with Gasteiger partial charge in [0, 0.05) is 11.1 Å². The molecule has 1 N–H and O–H groups in total. The Morgan fingerprint density at radius 1 is 1.00 bits per heavy atom. The molecule has 0 fully saturated rings. The third-order valence-electron chi connectivity index (χ3n) is 5.13. The van der Waals surface area contributed by atoms with Crippen LogP contribution in [0.3, 0.4) is 0 Å². The minimum atomic E-state index is -0.783. The van der Waals surface area contributed by atoms with Gasteiger partial charge in [0.05, 0.1) is 12.5 Å². The van der Waals surface area contributed by atoms with Gasteiger partial charge in [0.2, 0.25) is 0 Å². The van der Waals surface area contributed by atoms with Crippen molar-refractivity contribution in [3.05, 3.63) is 83.2 Å². The lowest BCUT2D eigenvalue weighted by Gasteiger charge is -2.18. The topological polar surface area (TPSA) is 54.4 Å². The number of allylic oxidation sites excluding steroid dienone is 4. The second-order valence-corrected chi connectivity index (χ2v) is 6.63. The molecule has 2 aromatic carbocycles. The summed E-state index contributed by atoms with van der Waals surface area (Å²) in [6.07, 6.45) is 4.69. The third-order valence-corrected chi connectivity index (χ3v) is 5.13. The van der Waals surface area contributed by atoms with Gasteiger partial charge in [-0.15, -0.1) is 0 Å². The van der Waals surface area contributed by atoms with Crippen molar-refractivity contribution in [2.75, 3.05) is 0 Å². The van der Waals surface area contributed by atoms with E-state index in [0.717, 1.165) is 16.7 Å². The molecule has 130 valence electrons. The summed E-state index contributed by atoms with van der Waals surface area (Å²) in [5.74, 6) is -1.83. The fourth-order valence-corrected chi connectivity index (χ4v) is 3.77. The van der Waals surface area contributed by atoms with Gasteiger partial charge in [0.15, 0.2) is 11.6 Å². The summed E-state index contributed by atoms with van der Waals surface area (Å²) in [7, 11) is 0.